The van der Waals surface area contributed by atoms with Gasteiger partial charge < -0.3 is 15.6 Å². The second kappa shape index (κ2) is 7.51. The largest absolute Gasteiger partial charge is 0.506 e. The molecule has 4 aromatic heterocycles. The van der Waals surface area contributed by atoms with Crippen molar-refractivity contribution in [2.75, 3.05) is 25.9 Å². The van der Waals surface area contributed by atoms with E-state index in [4.69, 9.17) is 10.5 Å². The Morgan fingerprint density at radius 3 is 2.94 bits per heavy atom. The number of ether oxygens (including phenoxy) is 1. The molecular formula is C20H23N9O2. The minimum Gasteiger partial charge on any atom is -0.506 e. The molecule has 31 heavy (non-hydrogen) atoms. The van der Waals surface area contributed by atoms with Gasteiger partial charge in [-0.1, -0.05) is 0 Å². The van der Waals surface area contributed by atoms with Crippen LogP contribution in [0.5, 0.6) is 5.75 Å². The Balaban J connectivity index is 1.41. The Hall–Kier alpha value is -3.73. The first kappa shape index (κ1) is 19.2. The quantitative estimate of drug-likeness (QED) is 0.456. The molecule has 0 bridgehead atoms. The second-order valence-electron chi connectivity index (χ2n) is 7.43. The highest BCUT2D eigenvalue weighted by atomic mass is 16.5. The highest BCUT2D eigenvalue weighted by Gasteiger charge is 2.20. The van der Waals surface area contributed by atoms with Gasteiger partial charge in [0.25, 0.3) is 0 Å². The van der Waals surface area contributed by atoms with Crippen molar-refractivity contribution in [1.82, 2.24) is 39.2 Å². The first-order valence-corrected chi connectivity index (χ1v) is 10.0. The number of nitrogens with two attached hydrogens (primary N) is 1. The van der Waals surface area contributed by atoms with Crippen LogP contribution in [0.4, 0.5) is 5.95 Å². The van der Waals surface area contributed by atoms with Gasteiger partial charge in [-0.2, -0.15) is 14.6 Å². The zero-order valence-corrected chi connectivity index (χ0v) is 17.4. The van der Waals surface area contributed by atoms with Gasteiger partial charge in [0.2, 0.25) is 11.8 Å². The summed E-state index contributed by atoms with van der Waals surface area (Å²) in [6.45, 7) is 4.93. The zero-order chi connectivity index (χ0) is 21.5. The number of hydrogen-bond acceptors (Lipinski definition) is 9. The monoisotopic (exact) mass is 421 g/mol. The third kappa shape index (κ3) is 3.32. The van der Waals surface area contributed by atoms with Gasteiger partial charge in [-0.15, -0.1) is 5.10 Å². The molecule has 0 spiro atoms. The maximum absolute atomic E-state index is 9.71. The molecular weight excluding hydrogens is 398 g/mol. The molecule has 11 nitrogen and oxygen atoms in total. The van der Waals surface area contributed by atoms with Gasteiger partial charge >= 0.3 is 0 Å². The lowest BCUT2D eigenvalue weighted by Gasteiger charge is -2.28. The van der Waals surface area contributed by atoms with Gasteiger partial charge in [0.1, 0.15) is 5.75 Å². The number of nitrogen functional groups attached to an aromatic ring is 1. The van der Waals surface area contributed by atoms with Crippen LogP contribution in [0, 0.1) is 0 Å². The molecule has 0 aliphatic carbocycles. The number of fused-ring (bicyclic) bond motifs is 4. The molecule has 4 aromatic rings. The number of methoxy groups -OCH3 is 1. The molecule has 0 atom stereocenters. The molecule has 5 rings (SSSR count). The highest BCUT2D eigenvalue weighted by Crippen LogP contribution is 2.23. The summed E-state index contributed by atoms with van der Waals surface area (Å²) in [5.74, 6) is 1.45. The number of pyridine rings is 1. The van der Waals surface area contributed by atoms with E-state index in [1.54, 1.807) is 25.4 Å². The molecule has 1 aliphatic heterocycles. The Morgan fingerprint density at radius 1 is 1.26 bits per heavy atom. The molecule has 0 amide bonds. The van der Waals surface area contributed by atoms with Crippen LogP contribution in [0.15, 0.2) is 24.5 Å². The average Bonchev–Trinajstić information content (AvgIpc) is 3.38. The molecule has 0 saturated carbocycles. The second-order valence-corrected chi connectivity index (χ2v) is 7.43. The van der Waals surface area contributed by atoms with Gasteiger partial charge in [-0.3, -0.25) is 9.88 Å². The van der Waals surface area contributed by atoms with E-state index < -0.39 is 0 Å². The van der Waals surface area contributed by atoms with Gasteiger partial charge in [0.15, 0.2) is 17.1 Å². The summed E-state index contributed by atoms with van der Waals surface area (Å²) in [6.07, 6.45) is 5.90. The molecule has 0 aromatic carbocycles. The number of aromatic hydroxyl groups is 1. The molecule has 1 aliphatic rings. The van der Waals surface area contributed by atoms with Crippen LogP contribution in [0.25, 0.3) is 22.4 Å². The third-order valence-electron chi connectivity index (χ3n) is 5.53. The molecule has 11 heteroatoms. The van der Waals surface area contributed by atoms with Crippen LogP contribution in [0.2, 0.25) is 0 Å². The summed E-state index contributed by atoms with van der Waals surface area (Å²) in [7, 11) is 1.58. The Bertz CT molecular complexity index is 1310. The first-order chi connectivity index (χ1) is 15.1. The van der Waals surface area contributed by atoms with E-state index in [1.807, 2.05) is 11.6 Å². The number of nitrogens with zero attached hydrogens (tertiary/aromatic N) is 8. The predicted molar refractivity (Wildman–Crippen MR) is 114 cm³/mol. The smallest absolute Gasteiger partial charge is 0.225 e. The van der Waals surface area contributed by atoms with Crippen LogP contribution in [0.1, 0.15) is 24.0 Å². The maximum atomic E-state index is 9.71. The van der Waals surface area contributed by atoms with Gasteiger partial charge in [-0.05, 0) is 24.6 Å². The zero-order valence-electron chi connectivity index (χ0n) is 17.4. The average molecular weight is 421 g/mol. The molecule has 0 saturated heterocycles. The Morgan fingerprint density at radius 2 is 2.13 bits per heavy atom. The minimum atomic E-state index is 0.199. The summed E-state index contributed by atoms with van der Waals surface area (Å²) in [4.78, 5) is 15.7. The first-order valence-electron chi connectivity index (χ1n) is 10.0. The van der Waals surface area contributed by atoms with Gasteiger partial charge in [-0.25, -0.2) is 9.67 Å². The van der Waals surface area contributed by atoms with Crippen LogP contribution in [-0.2, 0) is 24.2 Å². The lowest BCUT2D eigenvalue weighted by Crippen LogP contribution is -2.33. The Kier molecular flexibility index (Phi) is 4.66. The minimum absolute atomic E-state index is 0.199. The predicted octanol–water partition coefficient (Wildman–Crippen LogP) is 1.22. The Labute approximate surface area is 177 Å². The van der Waals surface area contributed by atoms with Crippen molar-refractivity contribution in [3.05, 3.63) is 41.6 Å². The van der Waals surface area contributed by atoms with Crippen molar-refractivity contribution in [2.24, 2.45) is 0 Å². The van der Waals surface area contributed by atoms with E-state index in [0.717, 1.165) is 42.7 Å². The lowest BCUT2D eigenvalue weighted by molar-refractivity contribution is 0.239. The normalized spacial score (nSPS) is 15.0. The molecule has 5 heterocycles. The van der Waals surface area contributed by atoms with Crippen LogP contribution < -0.4 is 5.73 Å². The van der Waals surface area contributed by atoms with Crippen LogP contribution in [0.3, 0.4) is 0 Å². The summed E-state index contributed by atoms with van der Waals surface area (Å²) in [5, 5.41) is 19.4. The van der Waals surface area contributed by atoms with Gasteiger partial charge in [0.05, 0.1) is 31.4 Å². The fourth-order valence-corrected chi connectivity index (χ4v) is 3.96. The maximum Gasteiger partial charge on any atom is 0.225 e. The summed E-state index contributed by atoms with van der Waals surface area (Å²) in [6, 6.07) is 1.79. The SMILES string of the molecule is C/C=C(\OC)c1nc2c3cnn(CCN4CCc5ncc(O)cc5C4)c3nc(N)n2n1. The molecule has 3 N–H and O–H groups in total. The fourth-order valence-electron chi connectivity index (χ4n) is 3.96. The number of anilines is 1. The van der Waals surface area contributed by atoms with E-state index in [2.05, 4.69) is 30.0 Å². The third-order valence-corrected chi connectivity index (χ3v) is 5.53. The lowest BCUT2D eigenvalue weighted by atomic mass is 10.1. The fraction of sp³-hybridized carbons (Fsp3) is 0.350. The van der Waals surface area contributed by atoms with Crippen molar-refractivity contribution in [3.8, 4) is 5.75 Å². The topological polar surface area (TPSA) is 133 Å². The van der Waals surface area contributed by atoms with E-state index in [1.165, 1.54) is 10.7 Å². The van der Waals surface area contributed by atoms with Crippen molar-refractivity contribution in [2.45, 2.75) is 26.4 Å². The summed E-state index contributed by atoms with van der Waals surface area (Å²) < 4.78 is 8.67. The molecule has 160 valence electrons. The van der Waals surface area contributed by atoms with E-state index in [0.29, 0.717) is 29.4 Å². The number of allylic oxidation sites excluding steroid dienone is 1. The van der Waals surface area contributed by atoms with Crippen molar-refractivity contribution < 1.29 is 9.84 Å². The highest BCUT2D eigenvalue weighted by molar-refractivity contribution is 5.90. The van der Waals surface area contributed by atoms with E-state index >= 15 is 0 Å². The molecule has 0 fully saturated rings. The van der Waals surface area contributed by atoms with Crippen molar-refractivity contribution >= 4 is 28.4 Å². The van der Waals surface area contributed by atoms with E-state index in [9.17, 15) is 5.11 Å². The van der Waals surface area contributed by atoms with Crippen molar-refractivity contribution in [1.29, 1.82) is 0 Å². The number of rotatable bonds is 5. The van der Waals surface area contributed by atoms with Crippen LogP contribution in [-0.4, -0.2) is 64.6 Å². The standard InChI is InChI=1S/C20H23N9O2/c1-3-16(31-2)17-24-19-14-10-23-28(18(14)25-20(21)29(19)26-17)7-6-27-5-4-15-12(11-27)8-13(30)9-22-15/h3,8-10,30H,4-7,11H2,1-2H3,(H2,21,25)/b16-3-. The van der Waals surface area contributed by atoms with E-state index in [-0.39, 0.29) is 11.7 Å². The number of aromatic nitrogens is 7. The van der Waals surface area contributed by atoms with Gasteiger partial charge in [0, 0.05) is 31.7 Å². The molecule has 0 unspecified atom stereocenters. The number of hydrogen-bond donors (Lipinski definition) is 2. The molecule has 0 radical (unpaired) electrons. The van der Waals surface area contributed by atoms with Crippen molar-refractivity contribution in [3.63, 3.8) is 0 Å². The summed E-state index contributed by atoms with van der Waals surface area (Å²) in [5.41, 5.74) is 9.53. The summed E-state index contributed by atoms with van der Waals surface area (Å²) >= 11 is 0. The van der Waals surface area contributed by atoms with Crippen LogP contribution >= 0.6 is 0 Å².